The zero-order chi connectivity index (χ0) is 31.6. The van der Waals surface area contributed by atoms with Crippen LogP contribution in [0.15, 0.2) is 97.3 Å². The van der Waals surface area contributed by atoms with Crippen molar-refractivity contribution in [2.75, 3.05) is 14.2 Å². The molecular formula is C38H33F4NO2. The summed E-state index contributed by atoms with van der Waals surface area (Å²) in [5.74, 6) is 0.944. The highest BCUT2D eigenvalue weighted by atomic mass is 19.4. The number of pyridine rings is 1. The van der Waals surface area contributed by atoms with Crippen LogP contribution in [0.25, 0.3) is 32.3 Å². The zero-order valence-electron chi connectivity index (χ0n) is 25.1. The average Bonchev–Trinajstić information content (AvgIpc) is 3.06. The lowest BCUT2D eigenvalue weighted by Crippen LogP contribution is -2.12. The highest BCUT2D eigenvalue weighted by molar-refractivity contribution is 6.13. The first kappa shape index (κ1) is 30.4. The monoisotopic (exact) mass is 611 g/mol. The third-order valence-corrected chi connectivity index (χ3v) is 8.78. The molecule has 0 unspecified atom stereocenters. The van der Waals surface area contributed by atoms with E-state index in [0.717, 1.165) is 58.4 Å². The van der Waals surface area contributed by atoms with Crippen LogP contribution in [0.4, 0.5) is 17.6 Å². The van der Waals surface area contributed by atoms with Gasteiger partial charge in [-0.3, -0.25) is 4.98 Å². The lowest BCUT2D eigenvalue weighted by Gasteiger charge is -2.28. The molecule has 1 heterocycles. The van der Waals surface area contributed by atoms with Crippen LogP contribution in [-0.4, -0.2) is 19.2 Å². The molecule has 0 saturated carbocycles. The normalized spacial score (nSPS) is 14.6. The van der Waals surface area contributed by atoms with Gasteiger partial charge in [-0.25, -0.2) is 4.39 Å². The molecule has 5 aromatic carbocycles. The van der Waals surface area contributed by atoms with Gasteiger partial charge in [0.25, 0.3) is 0 Å². The molecule has 1 aromatic heterocycles. The lowest BCUT2D eigenvalue weighted by atomic mass is 9.77. The Hall–Kier alpha value is -4.65. The number of methoxy groups -OCH3 is 2. The predicted molar refractivity (Wildman–Crippen MR) is 172 cm³/mol. The van der Waals surface area contributed by atoms with Crippen LogP contribution in [0.2, 0.25) is 0 Å². The van der Waals surface area contributed by atoms with E-state index in [0.29, 0.717) is 24.5 Å². The summed E-state index contributed by atoms with van der Waals surface area (Å²) in [6.45, 7) is 0. The maximum atomic E-state index is 14.4. The number of nitrogens with zero attached hydrogens (tertiary/aromatic N) is 1. The van der Waals surface area contributed by atoms with Crippen LogP contribution in [0.5, 0.6) is 11.5 Å². The number of halogens is 4. The zero-order valence-corrected chi connectivity index (χ0v) is 25.1. The second-order valence-electron chi connectivity index (χ2n) is 11.3. The van der Waals surface area contributed by atoms with Crippen molar-refractivity contribution in [2.45, 2.75) is 44.2 Å². The fraction of sp³-hybridized carbons (Fsp3) is 0.237. The Morgan fingerprint density at radius 1 is 0.800 bits per heavy atom. The van der Waals surface area contributed by atoms with Crippen LogP contribution in [0.3, 0.4) is 0 Å². The third-order valence-electron chi connectivity index (χ3n) is 8.78. The second-order valence-corrected chi connectivity index (χ2v) is 11.3. The van der Waals surface area contributed by atoms with Gasteiger partial charge in [0, 0.05) is 12.4 Å². The van der Waals surface area contributed by atoms with Crippen molar-refractivity contribution in [1.82, 2.24) is 4.98 Å². The van der Waals surface area contributed by atoms with Crippen molar-refractivity contribution < 1.29 is 27.0 Å². The minimum atomic E-state index is -4.54. The largest absolute Gasteiger partial charge is 0.496 e. The van der Waals surface area contributed by atoms with E-state index < -0.39 is 17.6 Å². The molecule has 6 aromatic rings. The van der Waals surface area contributed by atoms with E-state index in [-0.39, 0.29) is 5.92 Å². The van der Waals surface area contributed by atoms with Crippen molar-refractivity contribution in [3.8, 4) is 11.5 Å². The van der Waals surface area contributed by atoms with Crippen LogP contribution >= 0.6 is 0 Å². The maximum absolute atomic E-state index is 14.4. The first-order valence-electron chi connectivity index (χ1n) is 15.0. The smallest absolute Gasteiger partial charge is 0.416 e. The van der Waals surface area contributed by atoms with Crippen molar-refractivity contribution >= 4 is 32.3 Å². The molecule has 0 radical (unpaired) electrons. The van der Waals surface area contributed by atoms with Crippen LogP contribution in [0, 0.1) is 5.82 Å². The summed E-state index contributed by atoms with van der Waals surface area (Å²) in [6.07, 6.45) is 3.12. The SMILES string of the molecule is COc1cccc2c1c(OC)cc1c3c(ccc12)[C@H](CCc1ccc(C(F)(F)F)cc1F)CCC3.c1ccc2cnccc2c1. The summed E-state index contributed by atoms with van der Waals surface area (Å²) in [5, 5.41) is 6.73. The lowest BCUT2D eigenvalue weighted by molar-refractivity contribution is -0.137. The Morgan fingerprint density at radius 3 is 2.33 bits per heavy atom. The fourth-order valence-electron chi connectivity index (χ4n) is 6.55. The third kappa shape index (κ3) is 6.17. The van der Waals surface area contributed by atoms with Crippen molar-refractivity contribution in [3.63, 3.8) is 0 Å². The Bertz CT molecular complexity index is 1920. The topological polar surface area (TPSA) is 31.4 Å². The van der Waals surface area contributed by atoms with Crippen LogP contribution in [0.1, 0.15) is 47.4 Å². The molecular weight excluding hydrogens is 578 g/mol. The quantitative estimate of drug-likeness (QED) is 0.144. The molecule has 7 heteroatoms. The molecule has 0 bridgehead atoms. The van der Waals surface area contributed by atoms with Gasteiger partial charge in [-0.1, -0.05) is 54.6 Å². The maximum Gasteiger partial charge on any atom is 0.416 e. The number of rotatable bonds is 5. The van der Waals surface area contributed by atoms with E-state index in [9.17, 15) is 17.6 Å². The predicted octanol–water partition coefficient (Wildman–Crippen LogP) is 10.5. The number of alkyl halides is 3. The Morgan fingerprint density at radius 2 is 1.60 bits per heavy atom. The highest BCUT2D eigenvalue weighted by Crippen LogP contribution is 2.44. The number of hydrogen-bond donors (Lipinski definition) is 0. The number of aryl methyl sites for hydroxylation is 2. The first-order chi connectivity index (χ1) is 21.8. The van der Waals surface area contributed by atoms with Gasteiger partial charge < -0.3 is 9.47 Å². The molecule has 0 fully saturated rings. The minimum Gasteiger partial charge on any atom is -0.496 e. The van der Waals surface area contributed by atoms with E-state index in [1.165, 1.54) is 28.0 Å². The van der Waals surface area contributed by atoms with E-state index in [1.54, 1.807) is 14.2 Å². The van der Waals surface area contributed by atoms with Gasteiger partial charge in [0.05, 0.1) is 25.2 Å². The van der Waals surface area contributed by atoms with Gasteiger partial charge in [0.15, 0.2) is 0 Å². The standard InChI is InChI=1S/C29H26F4O2.C9H7N/c1-34-26-8-4-7-23-22-14-13-20-17(5-3-6-21(20)24(22)16-27(35-2)28(23)26)9-10-18-11-12-19(15-25(18)30)29(31,32)33;1-2-4-9-7-10-6-5-8(9)3-1/h4,7-8,11-17H,3,5-6,9-10H2,1-2H3;1-7H/t17-;/m0./s1. The number of benzene rings is 5. The van der Waals surface area contributed by atoms with Gasteiger partial charge in [-0.05, 0) is 112 Å². The Labute approximate surface area is 259 Å². The summed E-state index contributed by atoms with van der Waals surface area (Å²) >= 11 is 0. The molecule has 1 aliphatic rings. The molecule has 45 heavy (non-hydrogen) atoms. The molecule has 230 valence electrons. The molecule has 1 aliphatic carbocycles. The molecule has 1 atom stereocenters. The molecule has 0 amide bonds. The first-order valence-corrected chi connectivity index (χ1v) is 15.0. The molecule has 7 rings (SSSR count). The number of aromatic nitrogens is 1. The summed E-state index contributed by atoms with van der Waals surface area (Å²) < 4.78 is 64.4. The van der Waals surface area contributed by atoms with Gasteiger partial charge in [0.1, 0.15) is 17.3 Å². The van der Waals surface area contributed by atoms with Crippen LogP contribution < -0.4 is 9.47 Å². The van der Waals surface area contributed by atoms with Crippen molar-refractivity contribution in [1.29, 1.82) is 0 Å². The molecule has 0 aliphatic heterocycles. The second kappa shape index (κ2) is 12.8. The van der Waals surface area contributed by atoms with Crippen molar-refractivity contribution in [3.05, 3.63) is 125 Å². The highest BCUT2D eigenvalue weighted by Gasteiger charge is 2.31. The minimum absolute atomic E-state index is 0.219. The molecule has 0 N–H and O–H groups in total. The van der Waals surface area contributed by atoms with Gasteiger partial charge in [0.2, 0.25) is 0 Å². The molecule has 0 saturated heterocycles. The van der Waals surface area contributed by atoms with E-state index in [1.807, 2.05) is 42.7 Å². The number of fused-ring (bicyclic) bond motifs is 6. The number of ether oxygens (including phenoxy) is 2. The van der Waals surface area contributed by atoms with E-state index in [4.69, 9.17) is 9.47 Å². The average molecular weight is 612 g/mol. The Balaban J connectivity index is 0.000000301. The van der Waals surface area contributed by atoms with Crippen molar-refractivity contribution in [2.24, 2.45) is 0 Å². The summed E-state index contributed by atoms with van der Waals surface area (Å²) in [5.41, 5.74) is 1.88. The Kier molecular flexibility index (Phi) is 8.61. The summed E-state index contributed by atoms with van der Waals surface area (Å²) in [6, 6.07) is 25.4. The fourth-order valence-corrected chi connectivity index (χ4v) is 6.55. The summed E-state index contributed by atoms with van der Waals surface area (Å²) in [7, 11) is 3.30. The van der Waals surface area contributed by atoms with Crippen LogP contribution in [-0.2, 0) is 19.0 Å². The molecule has 3 nitrogen and oxygen atoms in total. The van der Waals surface area contributed by atoms with E-state index in [2.05, 4.69) is 41.4 Å². The van der Waals surface area contributed by atoms with Gasteiger partial charge in [-0.15, -0.1) is 0 Å². The van der Waals surface area contributed by atoms with Gasteiger partial charge in [-0.2, -0.15) is 13.2 Å². The number of hydrogen-bond acceptors (Lipinski definition) is 3. The summed E-state index contributed by atoms with van der Waals surface area (Å²) in [4.78, 5) is 4.01. The molecule has 0 spiro atoms. The van der Waals surface area contributed by atoms with E-state index >= 15 is 0 Å². The van der Waals surface area contributed by atoms with Gasteiger partial charge >= 0.3 is 6.18 Å².